The Kier molecular flexibility index (Phi) is 3.78. The summed E-state index contributed by atoms with van der Waals surface area (Å²) in [4.78, 5) is 0. The number of anilines is 1. The lowest BCUT2D eigenvalue weighted by molar-refractivity contribution is 0.108. The van der Waals surface area contributed by atoms with Gasteiger partial charge in [-0.05, 0) is 31.4 Å². The van der Waals surface area contributed by atoms with Gasteiger partial charge in [-0.2, -0.15) is 5.26 Å². The fraction of sp³-hybridized carbons (Fsp3) is 0.462. The molecule has 1 aromatic rings. The Bertz CT molecular complexity index is 461. The molecular weight excluding hydrogens is 238 g/mol. The number of nitrogens with one attached hydrogen (secondary N) is 1. The van der Waals surface area contributed by atoms with E-state index in [4.69, 9.17) is 10.00 Å². The van der Waals surface area contributed by atoms with Crippen molar-refractivity contribution in [2.24, 2.45) is 0 Å². The van der Waals surface area contributed by atoms with Crippen LogP contribution in [-0.2, 0) is 4.74 Å². The number of nitrogens with zero attached hydrogens (tertiary/aromatic N) is 1. The first-order valence-corrected chi connectivity index (χ1v) is 5.82. The van der Waals surface area contributed by atoms with Crippen molar-refractivity contribution in [3.8, 4) is 6.07 Å². The Hall–Kier alpha value is -1.67. The zero-order valence-electron chi connectivity index (χ0n) is 10.0. The summed E-state index contributed by atoms with van der Waals surface area (Å²) >= 11 is 0. The lowest BCUT2D eigenvalue weighted by Crippen LogP contribution is -2.19. The van der Waals surface area contributed by atoms with E-state index in [1.165, 1.54) is 0 Å². The van der Waals surface area contributed by atoms with Gasteiger partial charge in [-0.15, -0.1) is 0 Å². The van der Waals surface area contributed by atoms with Gasteiger partial charge in [0, 0.05) is 13.2 Å². The summed E-state index contributed by atoms with van der Waals surface area (Å²) in [5.41, 5.74) is -0.174. The molecule has 0 radical (unpaired) electrons. The van der Waals surface area contributed by atoms with Gasteiger partial charge >= 0.3 is 0 Å². The lowest BCUT2D eigenvalue weighted by Gasteiger charge is -2.15. The zero-order chi connectivity index (χ0) is 13.1. The number of hydrogen-bond acceptors (Lipinski definition) is 3. The van der Waals surface area contributed by atoms with Crippen molar-refractivity contribution in [3.63, 3.8) is 0 Å². The second-order valence-corrected chi connectivity index (χ2v) is 4.44. The molecule has 5 heteroatoms. The van der Waals surface area contributed by atoms with Crippen molar-refractivity contribution in [2.45, 2.75) is 31.4 Å². The second-order valence-electron chi connectivity index (χ2n) is 4.44. The average molecular weight is 252 g/mol. The maximum Gasteiger partial charge on any atom is 0.150 e. The molecule has 2 atom stereocenters. The van der Waals surface area contributed by atoms with Crippen LogP contribution in [0.3, 0.4) is 0 Å². The van der Waals surface area contributed by atoms with Crippen LogP contribution in [-0.4, -0.2) is 19.3 Å². The monoisotopic (exact) mass is 252 g/mol. The predicted molar refractivity (Wildman–Crippen MR) is 63.1 cm³/mol. The van der Waals surface area contributed by atoms with E-state index in [1.807, 2.05) is 0 Å². The smallest absolute Gasteiger partial charge is 0.150 e. The lowest BCUT2D eigenvalue weighted by atomic mass is 10.1. The van der Waals surface area contributed by atoms with Crippen LogP contribution in [0.1, 0.15) is 24.8 Å². The van der Waals surface area contributed by atoms with Crippen LogP contribution >= 0.6 is 0 Å². The number of methoxy groups -OCH3 is 1. The van der Waals surface area contributed by atoms with Gasteiger partial charge in [0.05, 0.1) is 17.7 Å². The molecule has 1 aliphatic carbocycles. The Morgan fingerprint density at radius 2 is 2.00 bits per heavy atom. The van der Waals surface area contributed by atoms with E-state index in [-0.39, 0.29) is 23.4 Å². The minimum atomic E-state index is -0.729. The van der Waals surface area contributed by atoms with Crippen LogP contribution in [0, 0.1) is 23.0 Å². The van der Waals surface area contributed by atoms with Crippen molar-refractivity contribution >= 4 is 5.69 Å². The van der Waals surface area contributed by atoms with E-state index >= 15 is 0 Å². The molecule has 1 N–H and O–H groups in total. The van der Waals surface area contributed by atoms with E-state index in [0.717, 1.165) is 31.4 Å². The number of halogens is 2. The third-order valence-electron chi connectivity index (χ3n) is 3.24. The van der Waals surface area contributed by atoms with Crippen LogP contribution in [0.25, 0.3) is 0 Å². The van der Waals surface area contributed by atoms with Gasteiger partial charge in [0.15, 0.2) is 11.6 Å². The maximum atomic E-state index is 13.6. The molecule has 0 saturated heterocycles. The minimum Gasteiger partial charge on any atom is -0.381 e. The van der Waals surface area contributed by atoms with Crippen LogP contribution in [0.4, 0.5) is 14.5 Å². The van der Waals surface area contributed by atoms with Gasteiger partial charge in [0.2, 0.25) is 0 Å². The minimum absolute atomic E-state index is 0.00638. The Balaban J connectivity index is 2.13. The molecule has 0 heterocycles. The largest absolute Gasteiger partial charge is 0.381 e. The van der Waals surface area contributed by atoms with Crippen molar-refractivity contribution < 1.29 is 13.5 Å². The number of rotatable bonds is 3. The SMILES string of the molecule is COC1CCC(Nc2c(F)cc(C#N)cc2F)C1. The zero-order valence-corrected chi connectivity index (χ0v) is 10.0. The molecule has 1 fully saturated rings. The standard InChI is InChI=1S/C13H14F2N2O/c1-18-10-3-2-9(6-10)17-13-11(14)4-8(7-16)5-12(13)15/h4-5,9-10,17H,2-3,6H2,1H3. The summed E-state index contributed by atoms with van der Waals surface area (Å²) in [6, 6.07) is 3.80. The molecule has 2 unspecified atom stereocenters. The van der Waals surface area contributed by atoms with Gasteiger partial charge < -0.3 is 10.1 Å². The highest BCUT2D eigenvalue weighted by atomic mass is 19.1. The number of benzene rings is 1. The topological polar surface area (TPSA) is 45.0 Å². The number of nitriles is 1. The van der Waals surface area contributed by atoms with Gasteiger partial charge in [0.1, 0.15) is 5.69 Å². The highest BCUT2D eigenvalue weighted by molar-refractivity contribution is 5.51. The molecule has 3 nitrogen and oxygen atoms in total. The van der Waals surface area contributed by atoms with E-state index in [9.17, 15) is 8.78 Å². The molecule has 0 bridgehead atoms. The molecule has 0 spiro atoms. The van der Waals surface area contributed by atoms with Crippen molar-refractivity contribution in [2.75, 3.05) is 12.4 Å². The van der Waals surface area contributed by atoms with E-state index < -0.39 is 11.6 Å². The summed E-state index contributed by atoms with van der Waals surface area (Å²) < 4.78 is 32.5. The third kappa shape index (κ3) is 2.59. The summed E-state index contributed by atoms with van der Waals surface area (Å²) in [5.74, 6) is -1.46. The molecule has 96 valence electrons. The second kappa shape index (κ2) is 5.32. The molecule has 18 heavy (non-hydrogen) atoms. The summed E-state index contributed by atoms with van der Waals surface area (Å²) in [6.07, 6.45) is 2.58. The van der Waals surface area contributed by atoms with Gasteiger partial charge in [-0.1, -0.05) is 0 Å². The first kappa shape index (κ1) is 12.8. The normalized spacial score (nSPS) is 22.8. The fourth-order valence-corrected chi connectivity index (χ4v) is 2.26. The van der Waals surface area contributed by atoms with Gasteiger partial charge in [-0.25, -0.2) is 8.78 Å². The molecular formula is C13H14F2N2O. The van der Waals surface area contributed by atoms with Crippen molar-refractivity contribution in [1.29, 1.82) is 5.26 Å². The Morgan fingerprint density at radius 3 is 2.50 bits per heavy atom. The van der Waals surface area contributed by atoms with Crippen molar-refractivity contribution in [1.82, 2.24) is 0 Å². The molecule has 1 aliphatic rings. The van der Waals surface area contributed by atoms with Crippen LogP contribution in [0.15, 0.2) is 12.1 Å². The average Bonchev–Trinajstić information content (AvgIpc) is 2.81. The summed E-state index contributed by atoms with van der Waals surface area (Å²) in [6.45, 7) is 0. The number of ether oxygens (including phenoxy) is 1. The summed E-state index contributed by atoms with van der Waals surface area (Å²) in [5, 5.41) is 11.5. The van der Waals surface area contributed by atoms with E-state index in [0.29, 0.717) is 0 Å². The van der Waals surface area contributed by atoms with Gasteiger partial charge in [-0.3, -0.25) is 0 Å². The Labute approximate surface area is 104 Å². The molecule has 1 aromatic carbocycles. The molecule has 2 rings (SSSR count). The molecule has 0 aromatic heterocycles. The highest BCUT2D eigenvalue weighted by Gasteiger charge is 2.26. The van der Waals surface area contributed by atoms with Gasteiger partial charge in [0.25, 0.3) is 0 Å². The van der Waals surface area contributed by atoms with Crippen LogP contribution in [0.2, 0.25) is 0 Å². The fourth-order valence-electron chi connectivity index (χ4n) is 2.26. The molecule has 1 saturated carbocycles. The van der Waals surface area contributed by atoms with E-state index in [2.05, 4.69) is 5.32 Å². The number of hydrogen-bond donors (Lipinski definition) is 1. The molecule has 0 amide bonds. The Morgan fingerprint density at radius 1 is 1.33 bits per heavy atom. The first-order valence-electron chi connectivity index (χ1n) is 5.82. The summed E-state index contributed by atoms with van der Waals surface area (Å²) in [7, 11) is 1.63. The molecule has 0 aliphatic heterocycles. The third-order valence-corrected chi connectivity index (χ3v) is 3.24. The predicted octanol–water partition coefficient (Wildman–Crippen LogP) is 2.82. The van der Waals surface area contributed by atoms with Crippen LogP contribution in [0.5, 0.6) is 0 Å². The van der Waals surface area contributed by atoms with Crippen LogP contribution < -0.4 is 5.32 Å². The maximum absolute atomic E-state index is 13.6. The quantitative estimate of drug-likeness (QED) is 0.899. The highest BCUT2D eigenvalue weighted by Crippen LogP contribution is 2.28. The van der Waals surface area contributed by atoms with E-state index in [1.54, 1.807) is 13.2 Å². The first-order chi connectivity index (χ1) is 8.63. The van der Waals surface area contributed by atoms with Crippen molar-refractivity contribution in [3.05, 3.63) is 29.3 Å².